The van der Waals surface area contributed by atoms with E-state index >= 15 is 8.78 Å². The number of halogens is 2. The Bertz CT molecular complexity index is 1310. The third-order valence-corrected chi connectivity index (χ3v) is 12.4. The van der Waals surface area contributed by atoms with Gasteiger partial charge in [0.25, 0.3) is 0 Å². The topological polar surface area (TPSA) is 72.9 Å². The molecule has 0 unspecified atom stereocenters. The van der Waals surface area contributed by atoms with Crippen LogP contribution in [0.5, 0.6) is 0 Å². The number of carbonyl (C=O) groups excluding carboxylic acids is 1. The number of hydrogen-bond acceptors (Lipinski definition) is 5. The van der Waals surface area contributed by atoms with Crippen molar-refractivity contribution in [1.29, 1.82) is 0 Å². The van der Waals surface area contributed by atoms with Gasteiger partial charge in [0.05, 0.1) is 11.0 Å². The van der Waals surface area contributed by atoms with Crippen molar-refractivity contribution in [2.24, 2.45) is 0 Å². The van der Waals surface area contributed by atoms with Crippen LogP contribution < -0.4 is 0 Å². The lowest BCUT2D eigenvalue weighted by Gasteiger charge is -2.51. The average molecular weight is 594 g/mol. The van der Waals surface area contributed by atoms with Gasteiger partial charge in [0.15, 0.2) is 0 Å². The molecule has 0 aromatic heterocycles. The van der Waals surface area contributed by atoms with Gasteiger partial charge in [-0.1, -0.05) is 50.0 Å². The fourth-order valence-corrected chi connectivity index (χ4v) is 8.90. The van der Waals surface area contributed by atoms with E-state index in [1.54, 1.807) is 31.2 Å². The first-order chi connectivity index (χ1) is 18.7. The van der Waals surface area contributed by atoms with Crippen LogP contribution in [0.25, 0.3) is 0 Å². The second-order valence-electron chi connectivity index (χ2n) is 12.9. The average Bonchev–Trinajstić information content (AvgIpc) is 2.86. The van der Waals surface area contributed by atoms with Gasteiger partial charge < -0.3 is 14.3 Å². The summed E-state index contributed by atoms with van der Waals surface area (Å²) >= 11 is 0. The molecule has 220 valence electrons. The van der Waals surface area contributed by atoms with Gasteiger partial charge in [-0.25, -0.2) is 17.2 Å². The van der Waals surface area contributed by atoms with E-state index in [4.69, 9.17) is 9.47 Å². The van der Waals surface area contributed by atoms with E-state index in [-0.39, 0.29) is 43.3 Å². The Balaban J connectivity index is 1.47. The molecule has 0 N–H and O–H groups in total. The van der Waals surface area contributed by atoms with E-state index < -0.39 is 46.0 Å². The molecule has 2 atom stereocenters. The lowest BCUT2D eigenvalue weighted by atomic mass is 9.57. The molecule has 0 spiro atoms. The van der Waals surface area contributed by atoms with E-state index in [0.717, 1.165) is 18.2 Å². The summed E-state index contributed by atoms with van der Waals surface area (Å²) in [5.41, 5.74) is -1.29. The van der Waals surface area contributed by atoms with Crippen molar-refractivity contribution in [3.05, 3.63) is 70.8 Å². The maximum Gasteiger partial charge on any atom is 0.221 e. The molecule has 0 radical (unpaired) electrons. The van der Waals surface area contributed by atoms with Gasteiger partial charge in [0.1, 0.15) is 30.0 Å². The van der Waals surface area contributed by atoms with Crippen LogP contribution in [0, 0.1) is 11.6 Å². The minimum Gasteiger partial charge on any atom is -0.356 e. The molecule has 2 fully saturated rings. The van der Waals surface area contributed by atoms with Gasteiger partial charge in [-0.3, -0.25) is 0 Å². The number of hydrogen-bond donors (Lipinski definition) is 0. The summed E-state index contributed by atoms with van der Waals surface area (Å²) in [5, 5.41) is -0.734. The number of rotatable bonds is 11. The molecule has 2 aliphatic rings. The SMILES string of the molecule is C[C@H]1CC[C@H](c2ccccc2)S(=O)(=O)N1Cc1cc(F)c([C@]2(C=O)C[C@](C)(OCOCC[Si](C)(C)C)C2)cc1F. The van der Waals surface area contributed by atoms with Crippen molar-refractivity contribution >= 4 is 24.4 Å². The first-order valence-electron chi connectivity index (χ1n) is 13.9. The Hall–Kier alpha value is -1.98. The van der Waals surface area contributed by atoms with Crippen molar-refractivity contribution in [1.82, 2.24) is 4.31 Å². The molecule has 1 aliphatic heterocycles. The number of sulfonamides is 1. The molecule has 1 saturated carbocycles. The van der Waals surface area contributed by atoms with E-state index in [0.29, 0.717) is 31.3 Å². The van der Waals surface area contributed by atoms with E-state index in [9.17, 15) is 13.2 Å². The second-order valence-corrected chi connectivity index (χ2v) is 20.6. The van der Waals surface area contributed by atoms with E-state index in [2.05, 4.69) is 19.6 Å². The monoisotopic (exact) mass is 593 g/mol. The second kappa shape index (κ2) is 11.7. The van der Waals surface area contributed by atoms with Gasteiger partial charge in [-0.15, -0.1) is 0 Å². The lowest BCUT2D eigenvalue weighted by molar-refractivity contribution is -0.188. The maximum atomic E-state index is 15.5. The summed E-state index contributed by atoms with van der Waals surface area (Å²) in [6.45, 7) is 10.8. The van der Waals surface area contributed by atoms with Crippen molar-refractivity contribution in [3.8, 4) is 0 Å². The molecule has 40 heavy (non-hydrogen) atoms. The number of aldehydes is 1. The number of ether oxygens (including phenoxy) is 2. The highest BCUT2D eigenvalue weighted by Crippen LogP contribution is 2.52. The standard InChI is InChI=1S/C30H41F2NO5SSi/c1-22-11-12-28(23-9-7-6-8-10-23)39(35,36)33(22)17-24-15-27(32)25(16-26(24)31)30(20-34)18-29(2,19-30)38-21-37-13-14-40(3,4)5/h6-10,15-16,20,22,28H,11-14,17-19,21H2,1-5H3/t22-,28+,29-,30+/m0/s1. The number of benzene rings is 2. The van der Waals surface area contributed by atoms with Crippen molar-refractivity contribution in [2.45, 2.75) is 94.1 Å². The Morgan fingerprint density at radius 3 is 2.38 bits per heavy atom. The number of carbonyl (C=O) groups is 1. The van der Waals surface area contributed by atoms with Gasteiger partial charge in [-0.05, 0) is 63.3 Å². The fraction of sp³-hybridized carbons (Fsp3) is 0.567. The van der Waals surface area contributed by atoms with Crippen molar-refractivity contribution in [2.75, 3.05) is 13.4 Å². The molecule has 0 bridgehead atoms. The smallest absolute Gasteiger partial charge is 0.221 e. The Kier molecular flexibility index (Phi) is 9.07. The summed E-state index contributed by atoms with van der Waals surface area (Å²) in [4.78, 5) is 12.2. The molecule has 1 heterocycles. The molecular weight excluding hydrogens is 552 g/mol. The summed E-state index contributed by atoms with van der Waals surface area (Å²) < 4.78 is 70.8. The minimum atomic E-state index is -3.81. The highest BCUT2D eigenvalue weighted by Gasteiger charge is 2.55. The predicted octanol–water partition coefficient (Wildman–Crippen LogP) is 6.34. The predicted molar refractivity (Wildman–Crippen MR) is 154 cm³/mol. The van der Waals surface area contributed by atoms with Crippen LogP contribution in [0.4, 0.5) is 8.78 Å². The number of nitrogens with zero attached hydrogens (tertiary/aromatic N) is 1. The third kappa shape index (κ3) is 6.57. The Labute approximate surface area is 238 Å². The fourth-order valence-electron chi connectivity index (χ4n) is 5.95. The molecule has 10 heteroatoms. The Morgan fingerprint density at radius 1 is 1.07 bits per heavy atom. The van der Waals surface area contributed by atoms with Crippen LogP contribution in [0.1, 0.15) is 61.5 Å². The maximum absolute atomic E-state index is 15.5. The van der Waals surface area contributed by atoms with Gasteiger partial charge in [0.2, 0.25) is 10.0 Å². The van der Waals surface area contributed by atoms with Crippen LogP contribution in [0.15, 0.2) is 42.5 Å². The quantitative estimate of drug-likeness (QED) is 0.132. The minimum absolute atomic E-state index is 0.0267. The molecule has 1 aliphatic carbocycles. The van der Waals surface area contributed by atoms with Crippen LogP contribution in [0.2, 0.25) is 25.7 Å². The molecule has 2 aromatic carbocycles. The third-order valence-electron chi connectivity index (χ3n) is 8.29. The van der Waals surface area contributed by atoms with Gasteiger partial charge >= 0.3 is 0 Å². The highest BCUT2D eigenvalue weighted by molar-refractivity contribution is 7.89. The lowest BCUT2D eigenvalue weighted by Crippen LogP contribution is -2.56. The molecule has 1 saturated heterocycles. The van der Waals surface area contributed by atoms with E-state index in [1.807, 2.05) is 13.0 Å². The molecule has 2 aromatic rings. The molecule has 4 rings (SSSR count). The highest BCUT2D eigenvalue weighted by atomic mass is 32.2. The molecular formula is C30H41F2NO5SSi. The molecule has 6 nitrogen and oxygen atoms in total. The summed E-state index contributed by atoms with van der Waals surface area (Å²) in [5.74, 6) is -1.45. The zero-order valence-electron chi connectivity index (χ0n) is 24.1. The Morgan fingerprint density at radius 2 is 1.75 bits per heavy atom. The van der Waals surface area contributed by atoms with Crippen LogP contribution >= 0.6 is 0 Å². The normalized spacial score (nSPS) is 28.7. The largest absolute Gasteiger partial charge is 0.356 e. The zero-order chi connectivity index (χ0) is 29.3. The van der Waals surface area contributed by atoms with Crippen molar-refractivity contribution < 1.29 is 31.5 Å². The van der Waals surface area contributed by atoms with Crippen molar-refractivity contribution in [3.63, 3.8) is 0 Å². The molecule has 0 amide bonds. The summed E-state index contributed by atoms with van der Waals surface area (Å²) in [6, 6.07) is 11.7. The van der Waals surface area contributed by atoms with Crippen LogP contribution in [0.3, 0.4) is 0 Å². The van der Waals surface area contributed by atoms with Crippen LogP contribution in [-0.2, 0) is 36.3 Å². The van der Waals surface area contributed by atoms with E-state index in [1.165, 1.54) is 4.31 Å². The zero-order valence-corrected chi connectivity index (χ0v) is 25.9. The summed E-state index contributed by atoms with van der Waals surface area (Å²) in [6.07, 6.45) is 2.14. The first kappa shape index (κ1) is 31.0. The van der Waals surface area contributed by atoms with Crippen LogP contribution in [-0.4, -0.2) is 52.1 Å². The first-order valence-corrected chi connectivity index (χ1v) is 19.1. The van der Waals surface area contributed by atoms with Gasteiger partial charge in [0, 0.05) is 38.4 Å². The van der Waals surface area contributed by atoms with Gasteiger partial charge in [-0.2, -0.15) is 4.31 Å². The summed E-state index contributed by atoms with van der Waals surface area (Å²) in [7, 11) is -5.03.